The maximum absolute atomic E-state index is 13.4. The van der Waals surface area contributed by atoms with Gasteiger partial charge >= 0.3 is 0 Å². The third-order valence-electron chi connectivity index (χ3n) is 3.85. The third kappa shape index (κ3) is 3.10. The Balaban J connectivity index is 1.87. The Morgan fingerprint density at radius 3 is 2.83 bits per heavy atom. The first-order valence-electron chi connectivity index (χ1n) is 7.40. The van der Waals surface area contributed by atoms with E-state index in [1.54, 1.807) is 4.90 Å². The highest BCUT2D eigenvalue weighted by Gasteiger charge is 2.35. The molecule has 0 bridgehead atoms. The third-order valence-corrected chi connectivity index (χ3v) is 5.05. The van der Waals surface area contributed by atoms with Gasteiger partial charge in [0.05, 0.1) is 11.4 Å². The summed E-state index contributed by atoms with van der Waals surface area (Å²) >= 11 is 1.50. The molecule has 0 radical (unpaired) electrons. The average Bonchev–Trinajstić information content (AvgIpc) is 3.06. The molecular weight excluding hydrogens is 320 g/mol. The van der Waals surface area contributed by atoms with Gasteiger partial charge in [0.1, 0.15) is 11.2 Å². The summed E-state index contributed by atoms with van der Waals surface area (Å²) in [6.45, 7) is 4.18. The number of rotatable bonds is 4. The number of imidazole rings is 1. The van der Waals surface area contributed by atoms with Gasteiger partial charge in [0.2, 0.25) is 5.91 Å². The van der Waals surface area contributed by atoms with E-state index in [1.165, 1.54) is 17.8 Å². The molecule has 1 atom stereocenters. The Morgan fingerprint density at radius 2 is 2.17 bits per heavy atom. The van der Waals surface area contributed by atoms with Crippen molar-refractivity contribution >= 4 is 17.7 Å². The summed E-state index contributed by atoms with van der Waals surface area (Å²) in [6, 6.07) is 3.72. The van der Waals surface area contributed by atoms with Crippen LogP contribution in [0.4, 0.5) is 8.78 Å². The molecule has 4 nitrogen and oxygen atoms in total. The largest absolute Gasteiger partial charge is 0.346 e. The summed E-state index contributed by atoms with van der Waals surface area (Å²) < 4.78 is 26.4. The lowest BCUT2D eigenvalue weighted by Gasteiger charge is -2.23. The Labute approximate surface area is 137 Å². The SMILES string of the molecule is CCc1nc(C2SCC(=O)N2Cc2ccc(F)c(F)c2)c(C)[nH]1. The highest BCUT2D eigenvalue weighted by Crippen LogP contribution is 2.40. The zero-order valence-electron chi connectivity index (χ0n) is 12.9. The molecule has 122 valence electrons. The van der Waals surface area contributed by atoms with Crippen LogP contribution >= 0.6 is 11.8 Å². The lowest BCUT2D eigenvalue weighted by Crippen LogP contribution is -2.28. The van der Waals surface area contributed by atoms with Gasteiger partial charge < -0.3 is 9.88 Å². The Morgan fingerprint density at radius 1 is 1.39 bits per heavy atom. The number of hydrogen-bond acceptors (Lipinski definition) is 3. The molecule has 1 aliphatic heterocycles. The second-order valence-corrected chi connectivity index (χ2v) is 6.55. The average molecular weight is 337 g/mol. The fourth-order valence-corrected chi connectivity index (χ4v) is 3.86. The van der Waals surface area contributed by atoms with E-state index < -0.39 is 11.6 Å². The lowest BCUT2D eigenvalue weighted by molar-refractivity contribution is -0.128. The molecule has 3 rings (SSSR count). The molecule has 1 saturated heterocycles. The number of amides is 1. The summed E-state index contributed by atoms with van der Waals surface area (Å²) in [5, 5.41) is -0.202. The van der Waals surface area contributed by atoms with E-state index >= 15 is 0 Å². The van der Waals surface area contributed by atoms with Crippen LogP contribution in [0.1, 0.15) is 35.1 Å². The van der Waals surface area contributed by atoms with E-state index in [4.69, 9.17) is 0 Å². The molecule has 2 heterocycles. The second kappa shape index (κ2) is 6.31. The number of aromatic amines is 1. The molecule has 1 fully saturated rings. The molecule has 0 saturated carbocycles. The topological polar surface area (TPSA) is 49.0 Å². The van der Waals surface area contributed by atoms with Crippen LogP contribution < -0.4 is 0 Å². The summed E-state index contributed by atoms with van der Waals surface area (Å²) in [7, 11) is 0. The van der Waals surface area contributed by atoms with E-state index in [9.17, 15) is 13.6 Å². The first kappa shape index (κ1) is 16.0. The normalized spacial score (nSPS) is 18.0. The van der Waals surface area contributed by atoms with Gasteiger partial charge in [0.25, 0.3) is 0 Å². The molecule has 0 spiro atoms. The predicted octanol–water partition coefficient (Wildman–Crippen LogP) is 3.33. The Hall–Kier alpha value is -1.89. The van der Waals surface area contributed by atoms with Crippen LogP contribution in [0, 0.1) is 18.6 Å². The number of benzene rings is 1. The predicted molar refractivity (Wildman–Crippen MR) is 84.8 cm³/mol. The second-order valence-electron chi connectivity index (χ2n) is 5.48. The van der Waals surface area contributed by atoms with E-state index in [0.29, 0.717) is 11.3 Å². The number of H-pyrrole nitrogens is 1. The minimum absolute atomic E-state index is 0.0230. The molecule has 1 amide bonds. The van der Waals surface area contributed by atoms with Crippen molar-refractivity contribution in [1.82, 2.24) is 14.9 Å². The highest BCUT2D eigenvalue weighted by molar-refractivity contribution is 8.00. The van der Waals surface area contributed by atoms with Gasteiger partial charge in [-0.1, -0.05) is 13.0 Å². The summed E-state index contributed by atoms with van der Waals surface area (Å²) in [5.41, 5.74) is 2.33. The van der Waals surface area contributed by atoms with E-state index in [0.717, 1.165) is 35.8 Å². The van der Waals surface area contributed by atoms with Crippen molar-refractivity contribution in [3.8, 4) is 0 Å². The van der Waals surface area contributed by atoms with Crippen LogP contribution in [0.25, 0.3) is 0 Å². The lowest BCUT2D eigenvalue weighted by atomic mass is 10.2. The number of halogens is 2. The van der Waals surface area contributed by atoms with Crippen LogP contribution in [-0.2, 0) is 17.8 Å². The molecule has 1 aliphatic rings. The molecule has 1 aromatic carbocycles. The first-order chi connectivity index (χ1) is 11.0. The fraction of sp³-hybridized carbons (Fsp3) is 0.375. The number of nitrogens with zero attached hydrogens (tertiary/aromatic N) is 2. The number of carbonyl (C=O) groups excluding carboxylic acids is 1. The van der Waals surface area contributed by atoms with Crippen LogP contribution in [0.3, 0.4) is 0 Å². The molecule has 23 heavy (non-hydrogen) atoms. The Kier molecular flexibility index (Phi) is 4.39. The van der Waals surface area contributed by atoms with Crippen molar-refractivity contribution in [2.45, 2.75) is 32.2 Å². The molecule has 0 aliphatic carbocycles. The minimum Gasteiger partial charge on any atom is -0.346 e. The van der Waals surface area contributed by atoms with Gasteiger partial charge in [-0.3, -0.25) is 4.79 Å². The van der Waals surface area contributed by atoms with Gasteiger partial charge in [-0.25, -0.2) is 13.8 Å². The van der Waals surface area contributed by atoms with E-state index in [1.807, 2.05) is 13.8 Å². The summed E-state index contributed by atoms with van der Waals surface area (Å²) in [4.78, 5) is 21.6. The monoisotopic (exact) mass is 337 g/mol. The molecule has 1 aromatic heterocycles. The molecular formula is C16H17F2N3OS. The van der Waals surface area contributed by atoms with Crippen LogP contribution in [0.2, 0.25) is 0 Å². The number of hydrogen-bond donors (Lipinski definition) is 1. The van der Waals surface area contributed by atoms with Crippen molar-refractivity contribution in [3.05, 3.63) is 52.6 Å². The molecule has 1 N–H and O–H groups in total. The van der Waals surface area contributed by atoms with E-state index in [-0.39, 0.29) is 17.8 Å². The number of thioether (sulfide) groups is 1. The number of nitrogens with one attached hydrogen (secondary N) is 1. The molecule has 1 unspecified atom stereocenters. The summed E-state index contributed by atoms with van der Waals surface area (Å²) in [6.07, 6.45) is 0.787. The quantitative estimate of drug-likeness (QED) is 0.931. The van der Waals surface area contributed by atoms with Gasteiger partial charge in [0.15, 0.2) is 11.6 Å². The maximum atomic E-state index is 13.4. The molecule has 2 aromatic rings. The standard InChI is InChI=1S/C16H17F2N3OS/c1-3-13-19-9(2)15(20-13)16-21(14(22)8-23-16)7-10-4-5-11(17)12(18)6-10/h4-6,16H,3,7-8H2,1-2H3,(H,19,20). The number of carbonyl (C=O) groups is 1. The fourth-order valence-electron chi connectivity index (χ4n) is 2.63. The van der Waals surface area contributed by atoms with Gasteiger partial charge in [-0.05, 0) is 24.6 Å². The number of aromatic nitrogens is 2. The summed E-state index contributed by atoms with van der Waals surface area (Å²) in [5.74, 6) is -0.566. The van der Waals surface area contributed by atoms with Crippen molar-refractivity contribution in [2.24, 2.45) is 0 Å². The van der Waals surface area contributed by atoms with Crippen LogP contribution in [0.15, 0.2) is 18.2 Å². The zero-order valence-corrected chi connectivity index (χ0v) is 13.7. The van der Waals surface area contributed by atoms with Gasteiger partial charge in [0, 0.05) is 18.7 Å². The zero-order chi connectivity index (χ0) is 16.6. The van der Waals surface area contributed by atoms with Gasteiger partial charge in [-0.2, -0.15) is 0 Å². The maximum Gasteiger partial charge on any atom is 0.234 e. The highest BCUT2D eigenvalue weighted by atomic mass is 32.2. The molecule has 7 heteroatoms. The number of aryl methyl sites for hydroxylation is 2. The van der Waals surface area contributed by atoms with Gasteiger partial charge in [-0.15, -0.1) is 11.8 Å². The van der Waals surface area contributed by atoms with Crippen molar-refractivity contribution in [3.63, 3.8) is 0 Å². The van der Waals surface area contributed by atoms with Crippen molar-refractivity contribution < 1.29 is 13.6 Å². The van der Waals surface area contributed by atoms with E-state index in [2.05, 4.69) is 9.97 Å². The minimum atomic E-state index is -0.900. The van der Waals surface area contributed by atoms with Crippen molar-refractivity contribution in [1.29, 1.82) is 0 Å². The van der Waals surface area contributed by atoms with Crippen LogP contribution in [0.5, 0.6) is 0 Å². The van der Waals surface area contributed by atoms with Crippen LogP contribution in [-0.4, -0.2) is 26.5 Å². The smallest absolute Gasteiger partial charge is 0.234 e. The Bertz CT molecular complexity index is 747. The first-order valence-corrected chi connectivity index (χ1v) is 8.44. The van der Waals surface area contributed by atoms with Crippen molar-refractivity contribution in [2.75, 3.05) is 5.75 Å².